The lowest BCUT2D eigenvalue weighted by Crippen LogP contribution is -2.34. The SMILES string of the molecule is CC(CCN(C)C)NC(=O)c1ccnc(Br)c1. The lowest BCUT2D eigenvalue weighted by Gasteiger charge is -2.16. The molecule has 0 aliphatic rings. The summed E-state index contributed by atoms with van der Waals surface area (Å²) in [5.41, 5.74) is 0.628. The number of amides is 1. The fourth-order valence-electron chi connectivity index (χ4n) is 1.37. The van der Waals surface area contributed by atoms with Gasteiger partial charge in [-0.15, -0.1) is 0 Å². The number of nitrogens with zero attached hydrogens (tertiary/aromatic N) is 2. The largest absolute Gasteiger partial charge is 0.350 e. The van der Waals surface area contributed by atoms with E-state index < -0.39 is 0 Å². The molecule has 1 amide bonds. The number of aromatic nitrogens is 1. The molecule has 1 aromatic rings. The van der Waals surface area contributed by atoms with Crippen LogP contribution in [0.3, 0.4) is 0 Å². The summed E-state index contributed by atoms with van der Waals surface area (Å²) in [6.45, 7) is 2.97. The van der Waals surface area contributed by atoms with Crippen LogP contribution in [0.25, 0.3) is 0 Å². The molecule has 0 aliphatic carbocycles. The monoisotopic (exact) mass is 299 g/mol. The molecular formula is C12H18BrN3O. The number of nitrogens with one attached hydrogen (secondary N) is 1. The molecule has 0 aliphatic heterocycles. The number of halogens is 1. The van der Waals surface area contributed by atoms with Crippen LogP contribution in [0.4, 0.5) is 0 Å². The maximum atomic E-state index is 11.9. The summed E-state index contributed by atoms with van der Waals surface area (Å²) in [5.74, 6) is -0.0562. The zero-order valence-electron chi connectivity index (χ0n) is 10.4. The van der Waals surface area contributed by atoms with Gasteiger partial charge in [0.2, 0.25) is 0 Å². The summed E-state index contributed by atoms with van der Waals surface area (Å²) >= 11 is 3.25. The van der Waals surface area contributed by atoms with E-state index in [2.05, 4.69) is 31.1 Å². The third kappa shape index (κ3) is 5.28. The average Bonchev–Trinajstić information content (AvgIpc) is 2.26. The fourth-order valence-corrected chi connectivity index (χ4v) is 1.74. The highest BCUT2D eigenvalue weighted by Gasteiger charge is 2.10. The van der Waals surface area contributed by atoms with Crippen LogP contribution in [0, 0.1) is 0 Å². The Balaban J connectivity index is 2.49. The van der Waals surface area contributed by atoms with Crippen LogP contribution in [0.5, 0.6) is 0 Å². The van der Waals surface area contributed by atoms with Gasteiger partial charge in [0, 0.05) is 17.8 Å². The molecule has 1 N–H and O–H groups in total. The Morgan fingerprint density at radius 1 is 1.59 bits per heavy atom. The molecule has 1 unspecified atom stereocenters. The Labute approximate surface area is 111 Å². The lowest BCUT2D eigenvalue weighted by atomic mass is 10.2. The molecule has 0 fully saturated rings. The van der Waals surface area contributed by atoms with Crippen molar-refractivity contribution in [1.82, 2.24) is 15.2 Å². The van der Waals surface area contributed by atoms with Gasteiger partial charge in [0.1, 0.15) is 4.60 Å². The molecule has 17 heavy (non-hydrogen) atoms. The second-order valence-electron chi connectivity index (χ2n) is 4.33. The molecule has 1 aromatic heterocycles. The van der Waals surface area contributed by atoms with E-state index >= 15 is 0 Å². The summed E-state index contributed by atoms with van der Waals surface area (Å²) in [6, 6.07) is 3.59. The van der Waals surface area contributed by atoms with Gasteiger partial charge >= 0.3 is 0 Å². The average molecular weight is 300 g/mol. The second-order valence-corrected chi connectivity index (χ2v) is 5.15. The second kappa shape index (κ2) is 6.71. The first-order valence-corrected chi connectivity index (χ1v) is 6.35. The van der Waals surface area contributed by atoms with Crippen LogP contribution in [-0.2, 0) is 0 Å². The molecule has 0 radical (unpaired) electrons. The standard InChI is InChI=1S/C12H18BrN3O/c1-9(5-7-16(2)3)15-12(17)10-4-6-14-11(13)8-10/h4,6,8-9H,5,7H2,1-3H3,(H,15,17). The molecule has 1 rings (SSSR count). The molecule has 1 heterocycles. The Hall–Kier alpha value is -0.940. The van der Waals surface area contributed by atoms with Crippen LogP contribution in [0.15, 0.2) is 22.9 Å². The number of carbonyl (C=O) groups excluding carboxylic acids is 1. The van der Waals surface area contributed by atoms with Crippen molar-refractivity contribution in [3.8, 4) is 0 Å². The minimum Gasteiger partial charge on any atom is -0.350 e. The van der Waals surface area contributed by atoms with Crippen molar-refractivity contribution in [2.75, 3.05) is 20.6 Å². The highest BCUT2D eigenvalue weighted by Crippen LogP contribution is 2.08. The summed E-state index contributed by atoms with van der Waals surface area (Å²) < 4.78 is 0.672. The minimum atomic E-state index is -0.0562. The maximum Gasteiger partial charge on any atom is 0.251 e. The highest BCUT2D eigenvalue weighted by atomic mass is 79.9. The normalized spacial score (nSPS) is 12.5. The number of hydrogen-bond donors (Lipinski definition) is 1. The van der Waals surface area contributed by atoms with E-state index in [0.717, 1.165) is 13.0 Å². The first kappa shape index (κ1) is 14.1. The van der Waals surface area contributed by atoms with Gasteiger partial charge in [-0.3, -0.25) is 4.79 Å². The number of hydrogen-bond acceptors (Lipinski definition) is 3. The quantitative estimate of drug-likeness (QED) is 0.845. The molecule has 1 atom stereocenters. The third-order valence-corrected chi connectivity index (χ3v) is 2.81. The summed E-state index contributed by atoms with van der Waals surface area (Å²) in [4.78, 5) is 18.0. The topological polar surface area (TPSA) is 45.2 Å². The molecule has 94 valence electrons. The van der Waals surface area contributed by atoms with Gasteiger partial charge in [-0.05, 0) is 62.0 Å². The predicted molar refractivity (Wildman–Crippen MR) is 72.0 cm³/mol. The van der Waals surface area contributed by atoms with E-state index in [0.29, 0.717) is 10.2 Å². The third-order valence-electron chi connectivity index (χ3n) is 2.38. The maximum absolute atomic E-state index is 11.9. The van der Waals surface area contributed by atoms with Crippen LogP contribution in [0.2, 0.25) is 0 Å². The van der Waals surface area contributed by atoms with Crippen molar-refractivity contribution in [2.24, 2.45) is 0 Å². The summed E-state index contributed by atoms with van der Waals surface area (Å²) in [7, 11) is 4.04. The highest BCUT2D eigenvalue weighted by molar-refractivity contribution is 9.10. The first-order valence-electron chi connectivity index (χ1n) is 5.56. The molecule has 0 aromatic carbocycles. The predicted octanol–water partition coefficient (Wildman–Crippen LogP) is 1.91. The van der Waals surface area contributed by atoms with Gasteiger partial charge in [0.05, 0.1) is 0 Å². The van der Waals surface area contributed by atoms with Gasteiger partial charge in [-0.25, -0.2) is 4.98 Å². The molecule has 0 saturated heterocycles. The van der Waals surface area contributed by atoms with E-state index in [-0.39, 0.29) is 11.9 Å². The Kier molecular flexibility index (Phi) is 5.58. The first-order chi connectivity index (χ1) is 7.99. The van der Waals surface area contributed by atoms with E-state index in [1.165, 1.54) is 0 Å². The van der Waals surface area contributed by atoms with Gasteiger partial charge in [-0.2, -0.15) is 0 Å². The van der Waals surface area contributed by atoms with Gasteiger partial charge in [0.15, 0.2) is 0 Å². The molecule has 5 heteroatoms. The van der Waals surface area contributed by atoms with Gasteiger partial charge in [0.25, 0.3) is 5.91 Å². The minimum absolute atomic E-state index is 0.0562. The molecular weight excluding hydrogens is 282 g/mol. The van der Waals surface area contributed by atoms with Crippen LogP contribution < -0.4 is 5.32 Å². The molecule has 0 bridgehead atoms. The summed E-state index contributed by atoms with van der Waals surface area (Å²) in [5, 5.41) is 2.96. The van der Waals surface area contributed by atoms with Crippen LogP contribution in [-0.4, -0.2) is 42.5 Å². The Bertz CT molecular complexity index is 382. The number of pyridine rings is 1. The fraction of sp³-hybridized carbons (Fsp3) is 0.500. The lowest BCUT2D eigenvalue weighted by molar-refractivity contribution is 0.0936. The van der Waals surface area contributed by atoms with Crippen molar-refractivity contribution in [2.45, 2.75) is 19.4 Å². The van der Waals surface area contributed by atoms with Gasteiger partial charge in [-0.1, -0.05) is 0 Å². The Morgan fingerprint density at radius 2 is 2.29 bits per heavy atom. The summed E-state index contributed by atoms with van der Waals surface area (Å²) in [6.07, 6.45) is 2.55. The van der Waals surface area contributed by atoms with Crippen LogP contribution >= 0.6 is 15.9 Å². The van der Waals surface area contributed by atoms with E-state index in [1.54, 1.807) is 18.3 Å². The molecule has 0 saturated carbocycles. The molecule has 4 nitrogen and oxygen atoms in total. The number of carbonyl (C=O) groups is 1. The zero-order chi connectivity index (χ0) is 12.8. The van der Waals surface area contributed by atoms with E-state index in [9.17, 15) is 4.79 Å². The van der Waals surface area contributed by atoms with E-state index in [4.69, 9.17) is 0 Å². The number of rotatable bonds is 5. The van der Waals surface area contributed by atoms with Crippen molar-refractivity contribution < 1.29 is 4.79 Å². The Morgan fingerprint density at radius 3 is 2.88 bits per heavy atom. The van der Waals surface area contributed by atoms with Crippen molar-refractivity contribution in [1.29, 1.82) is 0 Å². The molecule has 0 spiro atoms. The van der Waals surface area contributed by atoms with Crippen LogP contribution in [0.1, 0.15) is 23.7 Å². The smallest absolute Gasteiger partial charge is 0.251 e. The van der Waals surface area contributed by atoms with Gasteiger partial charge < -0.3 is 10.2 Å². The zero-order valence-corrected chi connectivity index (χ0v) is 12.0. The van der Waals surface area contributed by atoms with E-state index in [1.807, 2.05) is 21.0 Å². The van der Waals surface area contributed by atoms with Crippen molar-refractivity contribution in [3.05, 3.63) is 28.5 Å². The van der Waals surface area contributed by atoms with Crippen molar-refractivity contribution >= 4 is 21.8 Å². The van der Waals surface area contributed by atoms with Crippen molar-refractivity contribution in [3.63, 3.8) is 0 Å².